The van der Waals surface area contributed by atoms with Gasteiger partial charge in [-0.1, -0.05) is 37.6 Å². The number of methoxy groups -OCH3 is 1. The molecule has 148 valence electrons. The Morgan fingerprint density at radius 2 is 1.86 bits per heavy atom. The third-order valence-electron chi connectivity index (χ3n) is 4.28. The first-order valence-electron chi connectivity index (χ1n) is 9.41. The summed E-state index contributed by atoms with van der Waals surface area (Å²) in [5.74, 6) is 2.59. The van der Waals surface area contributed by atoms with E-state index in [9.17, 15) is 0 Å². The van der Waals surface area contributed by atoms with Gasteiger partial charge in [0.15, 0.2) is 23.9 Å². The lowest BCUT2D eigenvalue weighted by Crippen LogP contribution is -2.18. The van der Waals surface area contributed by atoms with Crippen molar-refractivity contribution in [2.24, 2.45) is 5.92 Å². The summed E-state index contributed by atoms with van der Waals surface area (Å²) in [6.45, 7) is 8.43. The quantitative estimate of drug-likeness (QED) is 0.613. The number of aryl methyl sites for hydroxylation is 1. The Labute approximate surface area is 165 Å². The van der Waals surface area contributed by atoms with Crippen LogP contribution in [-0.2, 0) is 13.2 Å². The van der Waals surface area contributed by atoms with Crippen molar-refractivity contribution in [3.05, 3.63) is 59.4 Å². The second-order valence-corrected chi connectivity index (χ2v) is 7.14. The molecule has 0 saturated carbocycles. The molecule has 0 radical (unpaired) electrons. The minimum atomic E-state index is 0.238. The van der Waals surface area contributed by atoms with Gasteiger partial charge in [0, 0.05) is 6.54 Å². The number of nitrogens with zero attached hydrogens (tertiary/aromatic N) is 4. The first-order valence-corrected chi connectivity index (χ1v) is 9.41. The highest BCUT2D eigenvalue weighted by molar-refractivity contribution is 5.43. The van der Waals surface area contributed by atoms with Crippen molar-refractivity contribution in [1.82, 2.24) is 25.5 Å². The summed E-state index contributed by atoms with van der Waals surface area (Å²) < 4.78 is 13.1. The topological polar surface area (TPSA) is 74.1 Å². The Morgan fingerprint density at radius 1 is 1.07 bits per heavy atom. The minimum Gasteiger partial charge on any atom is -0.493 e. The van der Waals surface area contributed by atoms with E-state index in [1.807, 2.05) is 49.4 Å². The van der Waals surface area contributed by atoms with Crippen molar-refractivity contribution in [1.29, 1.82) is 0 Å². The van der Waals surface area contributed by atoms with Crippen LogP contribution in [0.25, 0.3) is 5.69 Å². The van der Waals surface area contributed by atoms with Crippen LogP contribution in [-0.4, -0.2) is 33.9 Å². The fraction of sp³-hybridized carbons (Fsp3) is 0.381. The van der Waals surface area contributed by atoms with Gasteiger partial charge in [-0.2, -0.15) is 4.68 Å². The fourth-order valence-corrected chi connectivity index (χ4v) is 2.77. The summed E-state index contributed by atoms with van der Waals surface area (Å²) in [6.07, 6.45) is 0. The Hall–Kier alpha value is -2.93. The van der Waals surface area contributed by atoms with Gasteiger partial charge in [-0.05, 0) is 59.6 Å². The first kappa shape index (κ1) is 19.8. The van der Waals surface area contributed by atoms with Crippen molar-refractivity contribution in [3.8, 4) is 17.2 Å². The number of nitrogens with one attached hydrogen (secondary N) is 1. The van der Waals surface area contributed by atoms with E-state index in [-0.39, 0.29) is 6.61 Å². The van der Waals surface area contributed by atoms with E-state index in [0.29, 0.717) is 23.2 Å². The van der Waals surface area contributed by atoms with E-state index in [4.69, 9.17) is 9.47 Å². The molecule has 0 aliphatic rings. The van der Waals surface area contributed by atoms with Crippen LogP contribution in [0.4, 0.5) is 0 Å². The highest BCUT2D eigenvalue weighted by Crippen LogP contribution is 2.28. The number of ether oxygens (including phenoxy) is 2. The van der Waals surface area contributed by atoms with Crippen LogP contribution in [0, 0.1) is 12.8 Å². The predicted octanol–water partition coefficient (Wildman–Crippen LogP) is 3.30. The summed E-state index contributed by atoms with van der Waals surface area (Å²) in [4.78, 5) is 0. The average Bonchev–Trinajstić information content (AvgIpc) is 3.15. The van der Waals surface area contributed by atoms with Crippen LogP contribution in [0.1, 0.15) is 30.8 Å². The van der Waals surface area contributed by atoms with Crippen LogP contribution in [0.15, 0.2) is 42.5 Å². The maximum absolute atomic E-state index is 5.95. The molecular formula is C21H27N5O2. The number of aromatic nitrogens is 4. The molecule has 0 spiro atoms. The van der Waals surface area contributed by atoms with Gasteiger partial charge in [0.05, 0.1) is 12.8 Å². The number of rotatable bonds is 9. The molecular weight excluding hydrogens is 354 g/mol. The molecule has 2 aromatic carbocycles. The van der Waals surface area contributed by atoms with E-state index >= 15 is 0 Å². The van der Waals surface area contributed by atoms with Crippen molar-refractivity contribution in [2.75, 3.05) is 13.7 Å². The zero-order chi connectivity index (χ0) is 19.9. The molecule has 0 saturated heterocycles. The van der Waals surface area contributed by atoms with Crippen molar-refractivity contribution in [2.45, 2.75) is 33.9 Å². The summed E-state index contributed by atoms with van der Waals surface area (Å²) in [7, 11) is 1.64. The average molecular weight is 381 g/mol. The molecule has 0 fully saturated rings. The SMILES string of the molecule is COc1cc(CNCC(C)C)ccc1OCc1nnnn1-c1ccc(C)cc1. The van der Waals surface area contributed by atoms with Gasteiger partial charge in [0.25, 0.3) is 0 Å². The maximum Gasteiger partial charge on any atom is 0.194 e. The van der Waals surface area contributed by atoms with Crippen LogP contribution < -0.4 is 14.8 Å². The molecule has 28 heavy (non-hydrogen) atoms. The second kappa shape index (κ2) is 9.32. The lowest BCUT2D eigenvalue weighted by molar-refractivity contribution is 0.273. The minimum absolute atomic E-state index is 0.238. The smallest absolute Gasteiger partial charge is 0.194 e. The second-order valence-electron chi connectivity index (χ2n) is 7.14. The van der Waals surface area contributed by atoms with Crippen molar-refractivity contribution >= 4 is 0 Å². The Bertz CT molecular complexity index is 890. The van der Waals surface area contributed by atoms with Gasteiger partial charge in [-0.3, -0.25) is 0 Å². The Morgan fingerprint density at radius 3 is 2.57 bits per heavy atom. The molecule has 3 rings (SSSR count). The number of hydrogen-bond donors (Lipinski definition) is 1. The van der Waals surface area contributed by atoms with Crippen LogP contribution in [0.3, 0.4) is 0 Å². The molecule has 7 heteroatoms. The fourth-order valence-electron chi connectivity index (χ4n) is 2.77. The van der Waals surface area contributed by atoms with E-state index in [1.54, 1.807) is 11.8 Å². The van der Waals surface area contributed by atoms with Gasteiger partial charge in [0.1, 0.15) is 0 Å². The van der Waals surface area contributed by atoms with Crippen LogP contribution in [0.5, 0.6) is 11.5 Å². The first-order chi connectivity index (χ1) is 13.6. The highest BCUT2D eigenvalue weighted by atomic mass is 16.5. The third-order valence-corrected chi connectivity index (χ3v) is 4.28. The van der Waals surface area contributed by atoms with Gasteiger partial charge < -0.3 is 14.8 Å². The molecule has 3 aromatic rings. The van der Waals surface area contributed by atoms with E-state index in [2.05, 4.69) is 34.7 Å². The molecule has 1 aromatic heterocycles. The zero-order valence-corrected chi connectivity index (χ0v) is 16.8. The summed E-state index contributed by atoms with van der Waals surface area (Å²) in [6, 6.07) is 14.0. The van der Waals surface area contributed by atoms with Gasteiger partial charge in [0.2, 0.25) is 0 Å². The molecule has 0 amide bonds. The highest BCUT2D eigenvalue weighted by Gasteiger charge is 2.12. The summed E-state index contributed by atoms with van der Waals surface area (Å²) in [5.41, 5.74) is 3.23. The van der Waals surface area contributed by atoms with Gasteiger partial charge >= 0.3 is 0 Å². The van der Waals surface area contributed by atoms with Gasteiger partial charge in [-0.25, -0.2) is 0 Å². The summed E-state index contributed by atoms with van der Waals surface area (Å²) in [5, 5.41) is 15.4. The molecule has 1 N–H and O–H groups in total. The molecule has 7 nitrogen and oxygen atoms in total. The van der Waals surface area contributed by atoms with Crippen molar-refractivity contribution in [3.63, 3.8) is 0 Å². The van der Waals surface area contributed by atoms with E-state index in [0.717, 1.165) is 24.3 Å². The monoisotopic (exact) mass is 381 g/mol. The zero-order valence-electron chi connectivity index (χ0n) is 16.8. The number of benzene rings is 2. The summed E-state index contributed by atoms with van der Waals surface area (Å²) >= 11 is 0. The standard InChI is InChI=1S/C21H27N5O2/c1-15(2)12-22-13-17-7-10-19(20(11-17)27-4)28-14-21-23-24-25-26(21)18-8-5-16(3)6-9-18/h5-11,15,22H,12-14H2,1-4H3. The lowest BCUT2D eigenvalue weighted by Gasteiger charge is -2.13. The Kier molecular flexibility index (Phi) is 6.60. The van der Waals surface area contributed by atoms with Crippen LogP contribution >= 0.6 is 0 Å². The van der Waals surface area contributed by atoms with Gasteiger partial charge in [-0.15, -0.1) is 5.10 Å². The lowest BCUT2D eigenvalue weighted by atomic mass is 10.2. The van der Waals surface area contributed by atoms with Crippen molar-refractivity contribution < 1.29 is 9.47 Å². The normalized spacial score (nSPS) is 11.0. The molecule has 0 aliphatic carbocycles. The number of hydrogen-bond acceptors (Lipinski definition) is 6. The molecule has 0 aliphatic heterocycles. The van der Waals surface area contributed by atoms with E-state index in [1.165, 1.54) is 5.56 Å². The molecule has 0 atom stereocenters. The number of tetrazole rings is 1. The molecule has 0 unspecified atom stereocenters. The van der Waals surface area contributed by atoms with Crippen LogP contribution in [0.2, 0.25) is 0 Å². The molecule has 0 bridgehead atoms. The predicted molar refractivity (Wildman–Crippen MR) is 108 cm³/mol. The third kappa shape index (κ3) is 5.07. The largest absolute Gasteiger partial charge is 0.493 e. The molecule has 1 heterocycles. The van der Waals surface area contributed by atoms with E-state index < -0.39 is 0 Å². The Balaban J connectivity index is 1.68. The maximum atomic E-state index is 5.95.